The van der Waals surface area contributed by atoms with Gasteiger partial charge in [-0.25, -0.2) is 4.79 Å². The summed E-state index contributed by atoms with van der Waals surface area (Å²) in [5.41, 5.74) is 0.662. The van der Waals surface area contributed by atoms with Crippen molar-refractivity contribution in [3.8, 4) is 0 Å². The Labute approximate surface area is 269 Å². The number of nitrogens with zero attached hydrogens (tertiary/aromatic N) is 3. The monoisotopic (exact) mass is 646 g/mol. The molecule has 0 aromatic carbocycles. The van der Waals surface area contributed by atoms with E-state index in [-0.39, 0.29) is 95.4 Å². The third kappa shape index (κ3) is 10.4. The van der Waals surface area contributed by atoms with Crippen LogP contribution >= 0.6 is 0 Å². The molecule has 0 fully saturated rings. The van der Waals surface area contributed by atoms with Crippen LogP contribution in [0.1, 0.15) is 47.5 Å². The Morgan fingerprint density at radius 3 is 2.02 bits per heavy atom. The molecule has 0 saturated carbocycles. The number of allylic oxidation sites excluding steroid dienone is 4. The van der Waals surface area contributed by atoms with Crippen LogP contribution in [0.4, 0.5) is 4.79 Å². The molecule has 46 heavy (non-hydrogen) atoms. The van der Waals surface area contributed by atoms with Crippen molar-refractivity contribution in [1.29, 1.82) is 0 Å². The minimum atomic E-state index is -0.875. The third-order valence-electron chi connectivity index (χ3n) is 7.93. The lowest BCUT2D eigenvalue weighted by atomic mass is 9.71. The van der Waals surface area contributed by atoms with Crippen LogP contribution in [-0.2, 0) is 43.0 Å². The highest BCUT2D eigenvalue weighted by Gasteiger charge is 2.38. The molecule has 0 atom stereocenters. The molecule has 1 heterocycles. The molecule has 1 aliphatic carbocycles. The fraction of sp³-hybridized carbons (Fsp3) is 0.594. The maximum atomic E-state index is 13.1. The smallest absolute Gasteiger partial charge is 0.409 e. The van der Waals surface area contributed by atoms with Gasteiger partial charge in [0.05, 0.1) is 33.5 Å². The number of methoxy groups -OCH3 is 1. The SMILES string of the molecule is COC(=O)N(CCOCCOCCC(=O)NCCN1C(=O)C=CC1=O)CCN(C)C(=O)CC(C)(C)C1=C(C)C(=O)C(C)=C(C)C1=O. The van der Waals surface area contributed by atoms with Crippen molar-refractivity contribution in [2.75, 3.05) is 73.3 Å². The van der Waals surface area contributed by atoms with Gasteiger partial charge in [-0.1, -0.05) is 13.8 Å². The van der Waals surface area contributed by atoms with Gasteiger partial charge >= 0.3 is 6.09 Å². The molecule has 0 aromatic rings. The summed E-state index contributed by atoms with van der Waals surface area (Å²) in [6, 6.07) is 0. The minimum absolute atomic E-state index is 0.00283. The summed E-state index contributed by atoms with van der Waals surface area (Å²) < 4.78 is 15.8. The summed E-state index contributed by atoms with van der Waals surface area (Å²) in [5.74, 6) is -1.73. The minimum Gasteiger partial charge on any atom is -0.453 e. The summed E-state index contributed by atoms with van der Waals surface area (Å²) in [6.07, 6.45) is 1.90. The van der Waals surface area contributed by atoms with Gasteiger partial charge in [0.15, 0.2) is 11.6 Å². The lowest BCUT2D eigenvalue weighted by Gasteiger charge is -2.33. The highest BCUT2D eigenvalue weighted by atomic mass is 16.5. The molecule has 0 aromatic heterocycles. The Balaban J connectivity index is 1.69. The number of nitrogens with one attached hydrogen (secondary N) is 1. The number of ketones is 2. The van der Waals surface area contributed by atoms with Gasteiger partial charge in [-0.15, -0.1) is 0 Å². The standard InChI is InChI=1S/C32H46N4O10/c1-21-22(2)30(42)28(23(3)29(21)41)32(4,5)20-27(40)34(6)13-14-35(31(43)44-7)15-17-46-19-18-45-16-10-24(37)33-11-12-36-25(38)8-9-26(36)39/h8-9H,10-20H2,1-7H3,(H,33,37). The number of Topliss-reactive ketones (excluding diaryl/α,β-unsaturated/α-hetero) is 2. The molecule has 254 valence electrons. The number of rotatable bonds is 18. The second-order valence-corrected chi connectivity index (χ2v) is 11.7. The molecule has 1 aliphatic heterocycles. The molecular weight excluding hydrogens is 600 g/mol. The molecule has 1 N–H and O–H groups in total. The number of hydrogen-bond acceptors (Lipinski definition) is 10. The number of amides is 5. The zero-order chi connectivity index (χ0) is 34.6. The van der Waals surface area contributed by atoms with Crippen molar-refractivity contribution in [3.63, 3.8) is 0 Å². The second-order valence-electron chi connectivity index (χ2n) is 11.7. The van der Waals surface area contributed by atoms with E-state index < -0.39 is 23.3 Å². The van der Waals surface area contributed by atoms with Crippen LogP contribution in [0.25, 0.3) is 0 Å². The van der Waals surface area contributed by atoms with E-state index in [0.29, 0.717) is 22.3 Å². The van der Waals surface area contributed by atoms with Crippen LogP contribution in [0, 0.1) is 5.41 Å². The van der Waals surface area contributed by atoms with E-state index in [2.05, 4.69) is 5.32 Å². The summed E-state index contributed by atoms with van der Waals surface area (Å²) in [4.78, 5) is 89.9. The second kappa shape index (κ2) is 17.5. The number of imide groups is 1. The van der Waals surface area contributed by atoms with E-state index in [1.54, 1.807) is 41.7 Å². The highest BCUT2D eigenvalue weighted by Crippen LogP contribution is 2.39. The fourth-order valence-electron chi connectivity index (χ4n) is 5.04. The predicted molar refractivity (Wildman–Crippen MR) is 166 cm³/mol. The Morgan fingerprint density at radius 2 is 1.41 bits per heavy atom. The Morgan fingerprint density at radius 1 is 0.826 bits per heavy atom. The van der Waals surface area contributed by atoms with Crippen molar-refractivity contribution < 1.29 is 47.8 Å². The molecule has 14 heteroatoms. The molecule has 5 amide bonds. The topological polar surface area (TPSA) is 169 Å². The Hall–Kier alpha value is -4.17. The first kappa shape index (κ1) is 38.0. The summed E-state index contributed by atoms with van der Waals surface area (Å²) >= 11 is 0. The maximum absolute atomic E-state index is 13.1. The van der Waals surface area contributed by atoms with Gasteiger partial charge in [-0.2, -0.15) is 0 Å². The largest absolute Gasteiger partial charge is 0.453 e. The van der Waals surface area contributed by atoms with E-state index >= 15 is 0 Å². The highest BCUT2D eigenvalue weighted by molar-refractivity contribution is 6.25. The zero-order valence-electron chi connectivity index (χ0n) is 27.9. The summed E-state index contributed by atoms with van der Waals surface area (Å²) in [7, 11) is 2.87. The van der Waals surface area contributed by atoms with Gasteiger partial charge in [0.2, 0.25) is 11.8 Å². The van der Waals surface area contributed by atoms with Crippen LogP contribution < -0.4 is 5.32 Å². The van der Waals surface area contributed by atoms with Gasteiger partial charge < -0.3 is 29.3 Å². The van der Waals surface area contributed by atoms with Crippen molar-refractivity contribution in [3.05, 3.63) is 34.4 Å². The number of hydrogen-bond donors (Lipinski definition) is 1. The molecule has 14 nitrogen and oxygen atoms in total. The van der Waals surface area contributed by atoms with Gasteiger partial charge in [0.25, 0.3) is 11.8 Å². The van der Waals surface area contributed by atoms with Gasteiger partial charge in [-0.05, 0) is 20.8 Å². The van der Waals surface area contributed by atoms with E-state index in [4.69, 9.17) is 14.2 Å². The van der Waals surface area contributed by atoms with Crippen molar-refractivity contribution >= 4 is 41.3 Å². The Kier molecular flexibility index (Phi) is 14.5. The van der Waals surface area contributed by atoms with Crippen LogP contribution in [0.3, 0.4) is 0 Å². The normalized spacial score (nSPS) is 15.2. The number of ether oxygens (including phenoxy) is 3. The molecule has 0 spiro atoms. The first-order valence-corrected chi connectivity index (χ1v) is 15.1. The quantitative estimate of drug-likeness (QED) is 0.130. The van der Waals surface area contributed by atoms with Crippen molar-refractivity contribution in [2.45, 2.75) is 47.5 Å². The average molecular weight is 647 g/mol. The number of carbonyl (C=O) groups is 7. The van der Waals surface area contributed by atoms with Gasteiger partial charge in [0.1, 0.15) is 0 Å². The first-order chi connectivity index (χ1) is 21.6. The van der Waals surface area contributed by atoms with E-state index in [1.807, 2.05) is 0 Å². The first-order valence-electron chi connectivity index (χ1n) is 15.1. The number of likely N-dealkylation sites (N-methyl/N-ethyl adjacent to an activating group) is 1. The summed E-state index contributed by atoms with van der Waals surface area (Å²) in [6.45, 7) is 10.0. The van der Waals surface area contributed by atoms with E-state index in [0.717, 1.165) is 4.90 Å². The van der Waals surface area contributed by atoms with Gasteiger partial charge in [0, 0.05) is 92.5 Å². The molecular formula is C32H46N4O10. The molecule has 0 saturated heterocycles. The van der Waals surface area contributed by atoms with Crippen molar-refractivity contribution in [1.82, 2.24) is 20.0 Å². The third-order valence-corrected chi connectivity index (χ3v) is 7.93. The van der Waals surface area contributed by atoms with E-state index in [9.17, 15) is 33.6 Å². The fourth-order valence-corrected chi connectivity index (χ4v) is 5.04. The molecule has 0 unspecified atom stereocenters. The Bertz CT molecular complexity index is 1300. The number of carbonyl (C=O) groups excluding carboxylic acids is 7. The van der Waals surface area contributed by atoms with Crippen LogP contribution in [0.2, 0.25) is 0 Å². The van der Waals surface area contributed by atoms with Crippen molar-refractivity contribution in [2.24, 2.45) is 5.41 Å². The maximum Gasteiger partial charge on any atom is 0.409 e. The average Bonchev–Trinajstić information content (AvgIpc) is 3.33. The van der Waals surface area contributed by atoms with Gasteiger partial charge in [-0.3, -0.25) is 33.7 Å². The van der Waals surface area contributed by atoms with Crippen LogP contribution in [0.5, 0.6) is 0 Å². The molecule has 2 aliphatic rings. The van der Waals surface area contributed by atoms with Crippen LogP contribution in [0.15, 0.2) is 34.4 Å². The van der Waals surface area contributed by atoms with E-state index in [1.165, 1.54) is 29.1 Å². The lowest BCUT2D eigenvalue weighted by molar-refractivity contribution is -0.137. The molecule has 0 radical (unpaired) electrons. The predicted octanol–water partition coefficient (Wildman–Crippen LogP) is 1.20. The lowest BCUT2D eigenvalue weighted by Crippen LogP contribution is -2.42. The zero-order valence-corrected chi connectivity index (χ0v) is 27.9. The molecule has 0 bridgehead atoms. The summed E-state index contributed by atoms with van der Waals surface area (Å²) in [5, 5.41) is 2.62. The van der Waals surface area contributed by atoms with Crippen LogP contribution in [-0.4, -0.2) is 129 Å². The molecule has 2 rings (SSSR count).